The third kappa shape index (κ3) is 6.27. The van der Waals surface area contributed by atoms with Crippen LogP contribution < -0.4 is 10.6 Å². The summed E-state index contributed by atoms with van der Waals surface area (Å²) in [5.41, 5.74) is -0.0199. The van der Waals surface area contributed by atoms with Gasteiger partial charge in [0, 0.05) is 6.54 Å². The van der Waals surface area contributed by atoms with Gasteiger partial charge in [0.15, 0.2) is 0 Å². The van der Waals surface area contributed by atoms with Crippen molar-refractivity contribution in [2.75, 3.05) is 6.54 Å². The first kappa shape index (κ1) is 14.7. The number of carboxylic acid groups (broad SMARTS) is 1. The van der Waals surface area contributed by atoms with Crippen LogP contribution in [-0.2, 0) is 4.79 Å². The first-order chi connectivity index (χ1) is 7.13. The van der Waals surface area contributed by atoms with E-state index in [1.165, 1.54) is 0 Å². The van der Waals surface area contributed by atoms with Gasteiger partial charge in [-0.1, -0.05) is 34.6 Å². The van der Waals surface area contributed by atoms with E-state index in [9.17, 15) is 9.59 Å². The number of amides is 2. The van der Waals surface area contributed by atoms with Crippen molar-refractivity contribution in [1.82, 2.24) is 10.6 Å². The first-order valence-electron chi connectivity index (χ1n) is 5.40. The molecule has 0 aliphatic rings. The predicted molar refractivity (Wildman–Crippen MR) is 62.3 cm³/mol. The van der Waals surface area contributed by atoms with E-state index >= 15 is 0 Å². The summed E-state index contributed by atoms with van der Waals surface area (Å²) in [6.45, 7) is 9.98. The van der Waals surface area contributed by atoms with Crippen LogP contribution in [0.1, 0.15) is 34.6 Å². The van der Waals surface area contributed by atoms with Gasteiger partial charge in [-0.3, -0.25) is 0 Å². The Labute approximate surface area is 96.6 Å². The van der Waals surface area contributed by atoms with E-state index in [4.69, 9.17) is 5.11 Å². The number of nitrogens with one attached hydrogen (secondary N) is 2. The molecule has 0 rings (SSSR count). The van der Waals surface area contributed by atoms with Crippen LogP contribution in [0.2, 0.25) is 0 Å². The maximum absolute atomic E-state index is 11.4. The highest BCUT2D eigenvalue weighted by atomic mass is 16.4. The summed E-state index contributed by atoms with van der Waals surface area (Å²) in [6.07, 6.45) is 0. The van der Waals surface area contributed by atoms with Crippen molar-refractivity contribution in [1.29, 1.82) is 0 Å². The zero-order valence-corrected chi connectivity index (χ0v) is 10.6. The molecule has 5 heteroatoms. The van der Waals surface area contributed by atoms with E-state index in [1.807, 2.05) is 20.8 Å². The quantitative estimate of drug-likeness (QED) is 0.683. The number of urea groups is 1. The smallest absolute Gasteiger partial charge is 0.326 e. The second kappa shape index (κ2) is 5.72. The Bertz CT molecular complexity index is 256. The van der Waals surface area contributed by atoms with E-state index in [2.05, 4.69) is 10.6 Å². The van der Waals surface area contributed by atoms with E-state index in [0.717, 1.165) is 0 Å². The molecule has 3 N–H and O–H groups in total. The Morgan fingerprint density at radius 1 is 1.25 bits per heavy atom. The number of hydrogen-bond donors (Lipinski definition) is 3. The van der Waals surface area contributed by atoms with Gasteiger partial charge in [0.2, 0.25) is 0 Å². The molecule has 5 nitrogen and oxygen atoms in total. The Kier molecular flexibility index (Phi) is 5.27. The molecule has 0 saturated heterocycles. The lowest BCUT2D eigenvalue weighted by molar-refractivity contribution is -0.140. The van der Waals surface area contributed by atoms with Crippen molar-refractivity contribution in [3.8, 4) is 0 Å². The third-order valence-corrected chi connectivity index (χ3v) is 2.00. The van der Waals surface area contributed by atoms with Crippen molar-refractivity contribution in [2.24, 2.45) is 11.3 Å². The Hall–Kier alpha value is -1.26. The van der Waals surface area contributed by atoms with Crippen LogP contribution in [0.25, 0.3) is 0 Å². The Balaban J connectivity index is 4.17. The molecule has 0 aliphatic carbocycles. The molecule has 0 aliphatic heterocycles. The molecule has 0 bridgehead atoms. The van der Waals surface area contributed by atoms with Gasteiger partial charge in [-0.25, -0.2) is 9.59 Å². The van der Waals surface area contributed by atoms with Crippen LogP contribution in [0.15, 0.2) is 0 Å². The molecule has 0 aromatic rings. The Morgan fingerprint density at radius 3 is 2.06 bits per heavy atom. The number of carbonyl (C=O) groups excluding carboxylic acids is 1. The highest BCUT2D eigenvalue weighted by molar-refractivity contribution is 5.82. The molecule has 1 atom stereocenters. The van der Waals surface area contributed by atoms with Crippen molar-refractivity contribution >= 4 is 12.0 Å². The minimum Gasteiger partial charge on any atom is -0.480 e. The zero-order valence-electron chi connectivity index (χ0n) is 10.6. The molecule has 0 aromatic heterocycles. The summed E-state index contributed by atoms with van der Waals surface area (Å²) >= 11 is 0. The summed E-state index contributed by atoms with van der Waals surface area (Å²) in [5.74, 6) is -1.15. The Morgan fingerprint density at radius 2 is 1.75 bits per heavy atom. The van der Waals surface area contributed by atoms with Crippen LogP contribution >= 0.6 is 0 Å². The number of hydrogen-bond acceptors (Lipinski definition) is 2. The van der Waals surface area contributed by atoms with Gasteiger partial charge in [-0.2, -0.15) is 0 Å². The predicted octanol–water partition coefficient (Wildman–Crippen LogP) is 1.44. The number of aliphatic carboxylic acids is 1. The zero-order chi connectivity index (χ0) is 12.9. The van der Waals surface area contributed by atoms with Gasteiger partial charge in [0.05, 0.1) is 0 Å². The normalized spacial score (nSPS) is 13.4. The molecule has 0 spiro atoms. The lowest BCUT2D eigenvalue weighted by Crippen LogP contribution is -2.49. The second-order valence-electron chi connectivity index (χ2n) is 5.45. The standard InChI is InChI=1S/C11H22N2O3/c1-7(2)8(9(14)15)13-10(16)12-6-11(3,4)5/h7-8H,6H2,1-5H3,(H,14,15)(H2,12,13,16)/t8-/m1/s1. The van der Waals surface area contributed by atoms with Crippen LogP contribution in [0.5, 0.6) is 0 Å². The van der Waals surface area contributed by atoms with E-state index in [0.29, 0.717) is 6.54 Å². The molecular formula is C11H22N2O3. The lowest BCUT2D eigenvalue weighted by Gasteiger charge is -2.22. The van der Waals surface area contributed by atoms with Gasteiger partial charge < -0.3 is 15.7 Å². The van der Waals surface area contributed by atoms with Crippen LogP contribution in [0, 0.1) is 11.3 Å². The van der Waals surface area contributed by atoms with Crippen molar-refractivity contribution in [3.63, 3.8) is 0 Å². The number of rotatable bonds is 4. The number of carboxylic acids is 1. The summed E-state index contributed by atoms with van der Waals surface area (Å²) in [6, 6.07) is -1.28. The highest BCUT2D eigenvalue weighted by Gasteiger charge is 2.23. The molecular weight excluding hydrogens is 208 g/mol. The molecule has 2 amide bonds. The van der Waals surface area contributed by atoms with E-state index in [-0.39, 0.29) is 11.3 Å². The average molecular weight is 230 g/mol. The monoisotopic (exact) mass is 230 g/mol. The molecule has 16 heavy (non-hydrogen) atoms. The van der Waals surface area contributed by atoms with Crippen LogP contribution in [-0.4, -0.2) is 29.7 Å². The van der Waals surface area contributed by atoms with Crippen molar-refractivity contribution in [2.45, 2.75) is 40.7 Å². The molecule has 0 aromatic carbocycles. The minimum atomic E-state index is -1.01. The molecule has 0 unspecified atom stereocenters. The van der Waals surface area contributed by atoms with Gasteiger partial charge in [-0.05, 0) is 11.3 Å². The average Bonchev–Trinajstić information content (AvgIpc) is 2.08. The fraction of sp³-hybridized carbons (Fsp3) is 0.818. The summed E-state index contributed by atoms with van der Waals surface area (Å²) in [5, 5.41) is 14.0. The molecule has 0 radical (unpaired) electrons. The lowest BCUT2D eigenvalue weighted by atomic mass is 9.97. The maximum atomic E-state index is 11.4. The minimum absolute atomic E-state index is 0.0199. The number of carbonyl (C=O) groups is 2. The largest absolute Gasteiger partial charge is 0.480 e. The summed E-state index contributed by atoms with van der Waals surface area (Å²) in [4.78, 5) is 22.3. The van der Waals surface area contributed by atoms with Gasteiger partial charge in [0.25, 0.3) is 0 Å². The fourth-order valence-electron chi connectivity index (χ4n) is 1.05. The van der Waals surface area contributed by atoms with Gasteiger partial charge in [0.1, 0.15) is 6.04 Å². The van der Waals surface area contributed by atoms with Crippen molar-refractivity contribution in [3.05, 3.63) is 0 Å². The van der Waals surface area contributed by atoms with Gasteiger partial charge in [-0.15, -0.1) is 0 Å². The van der Waals surface area contributed by atoms with E-state index < -0.39 is 18.0 Å². The van der Waals surface area contributed by atoms with Crippen molar-refractivity contribution < 1.29 is 14.7 Å². The topological polar surface area (TPSA) is 78.4 Å². The van der Waals surface area contributed by atoms with Gasteiger partial charge >= 0.3 is 12.0 Å². The van der Waals surface area contributed by atoms with Crippen LogP contribution in [0.3, 0.4) is 0 Å². The molecule has 0 fully saturated rings. The molecule has 0 saturated carbocycles. The van der Waals surface area contributed by atoms with E-state index in [1.54, 1.807) is 13.8 Å². The SMILES string of the molecule is CC(C)[C@@H](NC(=O)NCC(C)(C)C)C(=O)O. The molecule has 0 heterocycles. The second-order valence-corrected chi connectivity index (χ2v) is 5.45. The highest BCUT2D eigenvalue weighted by Crippen LogP contribution is 2.10. The first-order valence-corrected chi connectivity index (χ1v) is 5.40. The summed E-state index contributed by atoms with van der Waals surface area (Å²) in [7, 11) is 0. The van der Waals surface area contributed by atoms with Crippen LogP contribution in [0.4, 0.5) is 4.79 Å². The summed E-state index contributed by atoms with van der Waals surface area (Å²) < 4.78 is 0. The maximum Gasteiger partial charge on any atom is 0.326 e. The fourth-order valence-corrected chi connectivity index (χ4v) is 1.05. The third-order valence-electron chi connectivity index (χ3n) is 2.00. The molecule has 94 valence electrons.